The van der Waals surface area contributed by atoms with E-state index in [1.807, 2.05) is 23.1 Å². The molecule has 0 aliphatic carbocycles. The third-order valence-electron chi connectivity index (χ3n) is 4.34. The fraction of sp³-hybridized carbons (Fsp3) is 0.526. The Kier molecular flexibility index (Phi) is 7.44. The molecule has 25 heavy (non-hydrogen) atoms. The summed E-state index contributed by atoms with van der Waals surface area (Å²) in [7, 11) is 0. The second-order valence-electron chi connectivity index (χ2n) is 6.47. The number of likely N-dealkylation sites (tertiary alicyclic amines) is 1. The van der Waals surface area contributed by atoms with Gasteiger partial charge in [0, 0.05) is 26.1 Å². The first-order chi connectivity index (χ1) is 12.1. The molecule has 2 saturated heterocycles. The zero-order valence-electron chi connectivity index (χ0n) is 14.9. The van der Waals surface area contributed by atoms with E-state index < -0.39 is 0 Å². The number of hydrogen-bond acceptors (Lipinski definition) is 3. The molecule has 0 saturated carbocycles. The summed E-state index contributed by atoms with van der Waals surface area (Å²) in [6.07, 6.45) is 4.31. The van der Waals surface area contributed by atoms with Crippen molar-refractivity contribution in [2.45, 2.75) is 39.0 Å². The standard InChI is InChI=1S/C12H19N3O3.C7H8/c16-10-9-15(12(18)13-10)8-2-1-5-11(17)14-6-3-4-7-14;1-7-5-3-2-4-6-7/h1-9H2,(H,13,16,18);2-6H,1H3. The molecule has 6 heteroatoms. The minimum atomic E-state index is -0.314. The third kappa shape index (κ3) is 6.57. The van der Waals surface area contributed by atoms with Crippen molar-refractivity contribution in [1.82, 2.24) is 15.1 Å². The maximum atomic E-state index is 11.7. The summed E-state index contributed by atoms with van der Waals surface area (Å²) in [6.45, 7) is 4.56. The molecule has 136 valence electrons. The predicted molar refractivity (Wildman–Crippen MR) is 96.0 cm³/mol. The highest BCUT2D eigenvalue weighted by Gasteiger charge is 2.25. The van der Waals surface area contributed by atoms with Gasteiger partial charge in [0.2, 0.25) is 11.8 Å². The number of urea groups is 1. The van der Waals surface area contributed by atoms with Gasteiger partial charge in [0.15, 0.2) is 0 Å². The SMILES string of the molecule is Cc1ccccc1.O=C1CN(CCCCC(=O)N2CCCC2)C(=O)N1. The van der Waals surface area contributed by atoms with Gasteiger partial charge < -0.3 is 9.80 Å². The first-order valence-electron chi connectivity index (χ1n) is 8.94. The number of unbranched alkanes of at least 4 members (excludes halogenated alkanes) is 1. The molecule has 1 aromatic rings. The number of hydrogen-bond donors (Lipinski definition) is 1. The van der Waals surface area contributed by atoms with Crippen LogP contribution >= 0.6 is 0 Å². The van der Waals surface area contributed by atoms with Gasteiger partial charge in [-0.15, -0.1) is 0 Å². The largest absolute Gasteiger partial charge is 0.343 e. The Hall–Kier alpha value is -2.37. The van der Waals surface area contributed by atoms with Gasteiger partial charge in [0.1, 0.15) is 6.54 Å². The Morgan fingerprint density at radius 1 is 1.08 bits per heavy atom. The summed E-state index contributed by atoms with van der Waals surface area (Å²) in [5.74, 6) is -0.0254. The van der Waals surface area contributed by atoms with Gasteiger partial charge in [-0.2, -0.15) is 0 Å². The van der Waals surface area contributed by atoms with E-state index in [0.717, 1.165) is 38.8 Å². The Morgan fingerprint density at radius 2 is 1.76 bits per heavy atom. The van der Waals surface area contributed by atoms with Crippen LogP contribution in [-0.4, -0.2) is 53.8 Å². The normalized spacial score (nSPS) is 16.5. The first-order valence-corrected chi connectivity index (χ1v) is 8.94. The van der Waals surface area contributed by atoms with Gasteiger partial charge in [-0.05, 0) is 32.6 Å². The number of amides is 4. The van der Waals surface area contributed by atoms with E-state index >= 15 is 0 Å². The lowest BCUT2D eigenvalue weighted by molar-refractivity contribution is -0.130. The van der Waals surface area contributed by atoms with E-state index in [0.29, 0.717) is 13.0 Å². The molecule has 2 heterocycles. The van der Waals surface area contributed by atoms with Gasteiger partial charge >= 0.3 is 6.03 Å². The Balaban J connectivity index is 0.000000269. The van der Waals surface area contributed by atoms with Crippen LogP contribution in [0.5, 0.6) is 0 Å². The molecule has 1 N–H and O–H groups in total. The van der Waals surface area contributed by atoms with Crippen molar-refractivity contribution in [2.75, 3.05) is 26.2 Å². The Morgan fingerprint density at radius 3 is 2.28 bits per heavy atom. The van der Waals surface area contributed by atoms with Crippen LogP contribution in [-0.2, 0) is 9.59 Å². The van der Waals surface area contributed by atoms with Crippen LogP contribution in [0.1, 0.15) is 37.7 Å². The Bertz CT molecular complexity index is 583. The van der Waals surface area contributed by atoms with E-state index in [-0.39, 0.29) is 24.4 Å². The number of imide groups is 1. The number of carbonyl (C=O) groups excluding carboxylic acids is 3. The van der Waals surface area contributed by atoms with Crippen molar-refractivity contribution >= 4 is 17.8 Å². The predicted octanol–water partition coefficient (Wildman–Crippen LogP) is 2.33. The highest BCUT2D eigenvalue weighted by atomic mass is 16.2. The molecule has 0 spiro atoms. The second kappa shape index (κ2) is 9.81. The van der Waals surface area contributed by atoms with Crippen LogP contribution in [0.4, 0.5) is 4.79 Å². The molecule has 2 aliphatic rings. The molecule has 4 amide bonds. The average molecular weight is 345 g/mol. The minimum Gasteiger partial charge on any atom is -0.343 e. The number of rotatable bonds is 5. The van der Waals surface area contributed by atoms with E-state index in [2.05, 4.69) is 24.4 Å². The van der Waals surface area contributed by atoms with Crippen LogP contribution in [0.3, 0.4) is 0 Å². The van der Waals surface area contributed by atoms with Gasteiger partial charge in [-0.1, -0.05) is 35.9 Å². The van der Waals surface area contributed by atoms with Crippen LogP contribution in [0, 0.1) is 6.92 Å². The zero-order valence-corrected chi connectivity index (χ0v) is 14.9. The molecule has 2 aliphatic heterocycles. The Labute approximate surface area is 149 Å². The second-order valence-corrected chi connectivity index (χ2v) is 6.47. The van der Waals surface area contributed by atoms with Crippen LogP contribution < -0.4 is 5.32 Å². The summed E-state index contributed by atoms with van der Waals surface area (Å²) in [5, 5.41) is 2.23. The average Bonchev–Trinajstić information content (AvgIpc) is 3.23. The van der Waals surface area contributed by atoms with Crippen molar-refractivity contribution in [3.63, 3.8) is 0 Å². The van der Waals surface area contributed by atoms with Crippen molar-refractivity contribution in [3.05, 3.63) is 35.9 Å². The number of carbonyl (C=O) groups is 3. The molecule has 0 aromatic heterocycles. The van der Waals surface area contributed by atoms with Gasteiger partial charge in [0.25, 0.3) is 0 Å². The number of aryl methyl sites for hydroxylation is 1. The first kappa shape index (κ1) is 19.0. The minimum absolute atomic E-state index is 0.152. The summed E-state index contributed by atoms with van der Waals surface area (Å²) in [4.78, 5) is 37.3. The van der Waals surface area contributed by atoms with Crippen molar-refractivity contribution in [2.24, 2.45) is 0 Å². The number of nitrogens with zero attached hydrogens (tertiary/aromatic N) is 2. The monoisotopic (exact) mass is 345 g/mol. The summed E-state index contributed by atoms with van der Waals surface area (Å²) < 4.78 is 0. The van der Waals surface area contributed by atoms with Gasteiger partial charge in [0.05, 0.1) is 0 Å². The van der Waals surface area contributed by atoms with E-state index in [1.54, 1.807) is 0 Å². The van der Waals surface area contributed by atoms with Crippen LogP contribution in [0.15, 0.2) is 30.3 Å². The zero-order chi connectivity index (χ0) is 18.1. The molecule has 3 rings (SSSR count). The molecule has 0 bridgehead atoms. The topological polar surface area (TPSA) is 69.7 Å². The lowest BCUT2D eigenvalue weighted by atomic mass is 10.2. The molecular formula is C19H27N3O3. The summed E-state index contributed by atoms with van der Waals surface area (Å²) >= 11 is 0. The van der Waals surface area contributed by atoms with E-state index in [4.69, 9.17) is 0 Å². The van der Waals surface area contributed by atoms with Gasteiger partial charge in [-0.25, -0.2) is 4.79 Å². The third-order valence-corrected chi connectivity index (χ3v) is 4.34. The highest BCUT2D eigenvalue weighted by molar-refractivity contribution is 6.01. The molecule has 1 aromatic carbocycles. The lowest BCUT2D eigenvalue weighted by Crippen LogP contribution is -2.30. The van der Waals surface area contributed by atoms with Gasteiger partial charge in [-0.3, -0.25) is 14.9 Å². The molecule has 0 atom stereocenters. The van der Waals surface area contributed by atoms with Crippen molar-refractivity contribution < 1.29 is 14.4 Å². The molecule has 0 unspecified atom stereocenters. The fourth-order valence-corrected chi connectivity index (χ4v) is 2.90. The number of benzene rings is 1. The fourth-order valence-electron chi connectivity index (χ4n) is 2.90. The summed E-state index contributed by atoms with van der Waals surface area (Å²) in [6, 6.07) is 9.95. The summed E-state index contributed by atoms with van der Waals surface area (Å²) in [5.41, 5.74) is 1.32. The van der Waals surface area contributed by atoms with Crippen molar-refractivity contribution in [1.29, 1.82) is 0 Å². The van der Waals surface area contributed by atoms with E-state index in [9.17, 15) is 14.4 Å². The highest BCUT2D eigenvalue weighted by Crippen LogP contribution is 2.11. The van der Waals surface area contributed by atoms with Crippen LogP contribution in [0.2, 0.25) is 0 Å². The smallest absolute Gasteiger partial charge is 0.324 e. The maximum absolute atomic E-state index is 11.7. The lowest BCUT2D eigenvalue weighted by Gasteiger charge is -2.16. The molecule has 0 radical (unpaired) electrons. The number of nitrogens with one attached hydrogen (secondary N) is 1. The van der Waals surface area contributed by atoms with Crippen LogP contribution in [0.25, 0.3) is 0 Å². The quantitative estimate of drug-likeness (QED) is 0.658. The van der Waals surface area contributed by atoms with E-state index in [1.165, 1.54) is 10.5 Å². The van der Waals surface area contributed by atoms with Crippen molar-refractivity contribution in [3.8, 4) is 0 Å². The molecule has 2 fully saturated rings. The maximum Gasteiger partial charge on any atom is 0.324 e. The molecule has 6 nitrogen and oxygen atoms in total. The molecular weight excluding hydrogens is 318 g/mol.